The molecule has 1 fully saturated rings. The number of halogens is 1. The maximum Gasteiger partial charge on any atom is 0.221 e. The Kier molecular flexibility index (Phi) is 2.33. The molecule has 1 unspecified atom stereocenters. The number of nitrogen functional groups attached to an aromatic ring is 1. The van der Waals surface area contributed by atoms with Crippen molar-refractivity contribution in [1.82, 2.24) is 15.3 Å². The van der Waals surface area contributed by atoms with Crippen molar-refractivity contribution >= 4 is 17.5 Å². The van der Waals surface area contributed by atoms with Crippen LogP contribution in [0.1, 0.15) is 17.9 Å². The maximum atomic E-state index is 5.95. The van der Waals surface area contributed by atoms with E-state index in [4.69, 9.17) is 17.3 Å². The number of hydrogen-bond acceptors (Lipinski definition) is 4. The van der Waals surface area contributed by atoms with Crippen LogP contribution in [0.2, 0.25) is 5.15 Å². The molecule has 1 aliphatic heterocycles. The lowest BCUT2D eigenvalue weighted by Crippen LogP contribution is -2.09. The molecule has 70 valence electrons. The first-order valence-electron chi connectivity index (χ1n) is 4.26. The van der Waals surface area contributed by atoms with Gasteiger partial charge < -0.3 is 11.1 Å². The molecule has 1 aromatic heterocycles. The predicted octanol–water partition coefficient (Wildman–Crippen LogP) is 0.789. The molecule has 2 heterocycles. The molecule has 4 nitrogen and oxygen atoms in total. The normalized spacial score (nSPS) is 22.1. The Labute approximate surface area is 81.5 Å². The summed E-state index contributed by atoms with van der Waals surface area (Å²) in [5.41, 5.74) is 6.40. The van der Waals surface area contributed by atoms with Crippen LogP contribution in [0.5, 0.6) is 0 Å². The molecule has 0 aliphatic carbocycles. The van der Waals surface area contributed by atoms with Crippen LogP contribution < -0.4 is 11.1 Å². The molecule has 1 saturated heterocycles. The van der Waals surface area contributed by atoms with Crippen molar-refractivity contribution in [3.63, 3.8) is 0 Å². The lowest BCUT2D eigenvalue weighted by Gasteiger charge is -2.09. The van der Waals surface area contributed by atoms with Crippen LogP contribution in [0, 0.1) is 0 Å². The van der Waals surface area contributed by atoms with E-state index in [0.717, 1.165) is 25.1 Å². The van der Waals surface area contributed by atoms with Crippen molar-refractivity contribution in [3.05, 3.63) is 16.9 Å². The summed E-state index contributed by atoms with van der Waals surface area (Å²) in [5.74, 6) is 0.674. The van der Waals surface area contributed by atoms with Crippen LogP contribution in [0.3, 0.4) is 0 Å². The zero-order valence-electron chi connectivity index (χ0n) is 7.13. The zero-order valence-corrected chi connectivity index (χ0v) is 7.88. The zero-order chi connectivity index (χ0) is 9.26. The quantitative estimate of drug-likeness (QED) is 0.655. The third-order valence-electron chi connectivity index (χ3n) is 2.29. The number of rotatable bonds is 1. The average molecular weight is 199 g/mol. The fourth-order valence-corrected chi connectivity index (χ4v) is 1.87. The Morgan fingerprint density at radius 3 is 3.08 bits per heavy atom. The summed E-state index contributed by atoms with van der Waals surface area (Å²) < 4.78 is 0. The van der Waals surface area contributed by atoms with Gasteiger partial charge in [0.05, 0.1) is 0 Å². The number of nitrogens with zero attached hydrogens (tertiary/aromatic N) is 2. The van der Waals surface area contributed by atoms with E-state index in [1.165, 1.54) is 0 Å². The highest BCUT2D eigenvalue weighted by atomic mass is 35.5. The van der Waals surface area contributed by atoms with Gasteiger partial charge in [0.15, 0.2) is 0 Å². The van der Waals surface area contributed by atoms with Gasteiger partial charge in [0.25, 0.3) is 0 Å². The summed E-state index contributed by atoms with van der Waals surface area (Å²) in [6.07, 6.45) is 2.81. The van der Waals surface area contributed by atoms with Crippen LogP contribution in [-0.4, -0.2) is 23.1 Å². The SMILES string of the molecule is Nc1ncc(C2CCNC2)c(Cl)n1. The van der Waals surface area contributed by atoms with Gasteiger partial charge in [0.2, 0.25) is 5.95 Å². The minimum atomic E-state index is 0.236. The van der Waals surface area contributed by atoms with E-state index in [2.05, 4.69) is 15.3 Å². The Hall–Kier alpha value is -0.870. The molecule has 13 heavy (non-hydrogen) atoms. The highest BCUT2D eigenvalue weighted by molar-refractivity contribution is 6.30. The molecular weight excluding hydrogens is 188 g/mol. The second-order valence-electron chi connectivity index (χ2n) is 3.16. The molecule has 1 atom stereocenters. The monoisotopic (exact) mass is 198 g/mol. The molecule has 0 radical (unpaired) electrons. The van der Waals surface area contributed by atoms with E-state index >= 15 is 0 Å². The first kappa shape index (κ1) is 8.72. The standard InChI is InChI=1S/C8H11ClN4/c9-7-6(4-12-8(10)13-7)5-1-2-11-3-5/h4-5,11H,1-3H2,(H2,10,12,13). The second kappa shape index (κ2) is 3.47. The summed E-state index contributed by atoms with van der Waals surface area (Å²) in [5, 5.41) is 3.75. The minimum Gasteiger partial charge on any atom is -0.368 e. The molecule has 1 aromatic rings. The Balaban J connectivity index is 2.29. The van der Waals surface area contributed by atoms with E-state index in [9.17, 15) is 0 Å². The van der Waals surface area contributed by atoms with Gasteiger partial charge in [-0.15, -0.1) is 0 Å². The average Bonchev–Trinajstić information content (AvgIpc) is 2.56. The largest absolute Gasteiger partial charge is 0.368 e. The van der Waals surface area contributed by atoms with Crippen LogP contribution in [0.25, 0.3) is 0 Å². The number of anilines is 1. The molecule has 3 N–H and O–H groups in total. The van der Waals surface area contributed by atoms with Gasteiger partial charge in [-0.05, 0) is 13.0 Å². The van der Waals surface area contributed by atoms with Gasteiger partial charge in [-0.25, -0.2) is 9.97 Å². The molecule has 0 amide bonds. The van der Waals surface area contributed by atoms with Crippen LogP contribution in [-0.2, 0) is 0 Å². The van der Waals surface area contributed by atoms with Crippen molar-refractivity contribution in [3.8, 4) is 0 Å². The van der Waals surface area contributed by atoms with E-state index in [0.29, 0.717) is 11.1 Å². The molecule has 0 aromatic carbocycles. The second-order valence-corrected chi connectivity index (χ2v) is 3.52. The molecule has 0 saturated carbocycles. The maximum absolute atomic E-state index is 5.95. The Bertz CT molecular complexity index is 309. The first-order valence-corrected chi connectivity index (χ1v) is 4.64. The third kappa shape index (κ3) is 1.73. The Morgan fingerprint density at radius 1 is 1.62 bits per heavy atom. The fraction of sp³-hybridized carbons (Fsp3) is 0.500. The Morgan fingerprint density at radius 2 is 2.46 bits per heavy atom. The number of hydrogen-bond donors (Lipinski definition) is 2. The third-order valence-corrected chi connectivity index (χ3v) is 2.59. The highest BCUT2D eigenvalue weighted by Crippen LogP contribution is 2.26. The summed E-state index contributed by atoms with van der Waals surface area (Å²) in [6.45, 7) is 1.98. The lowest BCUT2D eigenvalue weighted by molar-refractivity contribution is 0.754. The molecular formula is C8H11ClN4. The van der Waals surface area contributed by atoms with Crippen molar-refractivity contribution in [2.45, 2.75) is 12.3 Å². The number of aromatic nitrogens is 2. The molecule has 0 bridgehead atoms. The van der Waals surface area contributed by atoms with Crippen LogP contribution in [0.15, 0.2) is 6.20 Å². The van der Waals surface area contributed by atoms with E-state index < -0.39 is 0 Å². The number of nitrogens with one attached hydrogen (secondary N) is 1. The van der Waals surface area contributed by atoms with E-state index in [1.54, 1.807) is 6.20 Å². The summed E-state index contributed by atoms with van der Waals surface area (Å²) in [4.78, 5) is 7.86. The van der Waals surface area contributed by atoms with Crippen LogP contribution in [0.4, 0.5) is 5.95 Å². The molecule has 0 spiro atoms. The van der Waals surface area contributed by atoms with Gasteiger partial charge >= 0.3 is 0 Å². The van der Waals surface area contributed by atoms with Gasteiger partial charge in [0, 0.05) is 24.2 Å². The lowest BCUT2D eigenvalue weighted by atomic mass is 10.0. The molecule has 1 aliphatic rings. The van der Waals surface area contributed by atoms with Gasteiger partial charge in [0.1, 0.15) is 5.15 Å². The van der Waals surface area contributed by atoms with E-state index in [-0.39, 0.29) is 5.95 Å². The predicted molar refractivity (Wildman–Crippen MR) is 51.7 cm³/mol. The number of nitrogens with two attached hydrogens (primary N) is 1. The minimum absolute atomic E-state index is 0.236. The van der Waals surface area contributed by atoms with Gasteiger partial charge in [-0.2, -0.15) is 0 Å². The van der Waals surface area contributed by atoms with E-state index in [1.807, 2.05) is 0 Å². The summed E-state index contributed by atoms with van der Waals surface area (Å²) >= 11 is 5.95. The molecule has 5 heteroatoms. The van der Waals surface area contributed by atoms with Crippen molar-refractivity contribution in [2.24, 2.45) is 0 Å². The fourth-order valence-electron chi connectivity index (χ4n) is 1.58. The van der Waals surface area contributed by atoms with Crippen molar-refractivity contribution in [1.29, 1.82) is 0 Å². The summed E-state index contributed by atoms with van der Waals surface area (Å²) in [7, 11) is 0. The topological polar surface area (TPSA) is 63.8 Å². The highest BCUT2D eigenvalue weighted by Gasteiger charge is 2.20. The molecule has 2 rings (SSSR count). The van der Waals surface area contributed by atoms with Crippen molar-refractivity contribution in [2.75, 3.05) is 18.8 Å². The van der Waals surface area contributed by atoms with Crippen molar-refractivity contribution < 1.29 is 0 Å². The smallest absolute Gasteiger partial charge is 0.221 e. The van der Waals surface area contributed by atoms with Gasteiger partial charge in [-0.3, -0.25) is 0 Å². The van der Waals surface area contributed by atoms with Crippen LogP contribution >= 0.6 is 11.6 Å². The van der Waals surface area contributed by atoms with Gasteiger partial charge in [-0.1, -0.05) is 11.6 Å². The first-order chi connectivity index (χ1) is 6.27. The summed E-state index contributed by atoms with van der Waals surface area (Å²) in [6, 6.07) is 0.